The summed E-state index contributed by atoms with van der Waals surface area (Å²) in [6.07, 6.45) is 1.73. The maximum atomic E-state index is 11.7. The van der Waals surface area contributed by atoms with Crippen LogP contribution in [0.3, 0.4) is 0 Å². The predicted octanol–water partition coefficient (Wildman–Crippen LogP) is 2.16. The zero-order valence-electron chi connectivity index (χ0n) is 10.1. The molecular weight excluding hydrogens is 232 g/mol. The van der Waals surface area contributed by atoms with Crippen molar-refractivity contribution in [1.82, 2.24) is 0 Å². The smallest absolute Gasteiger partial charge is 0.337 e. The summed E-state index contributed by atoms with van der Waals surface area (Å²) in [5.41, 5.74) is 1.15. The van der Waals surface area contributed by atoms with Crippen LogP contribution in [0.4, 0.5) is 0 Å². The number of benzene rings is 1. The van der Waals surface area contributed by atoms with Crippen molar-refractivity contribution in [2.24, 2.45) is 0 Å². The van der Waals surface area contributed by atoms with Gasteiger partial charge in [0.2, 0.25) is 0 Å². The van der Waals surface area contributed by atoms with E-state index in [0.29, 0.717) is 18.6 Å². The van der Waals surface area contributed by atoms with Gasteiger partial charge in [0.25, 0.3) is 0 Å². The summed E-state index contributed by atoms with van der Waals surface area (Å²) >= 11 is 0. The summed E-state index contributed by atoms with van der Waals surface area (Å²) in [6.45, 7) is 1.70. The molecule has 94 valence electrons. The zero-order chi connectivity index (χ0) is 13.0. The average Bonchev–Trinajstić information content (AvgIpc) is 2.38. The van der Waals surface area contributed by atoms with Crippen LogP contribution in [-0.2, 0) is 19.1 Å². The van der Waals surface area contributed by atoms with E-state index in [1.165, 1.54) is 6.92 Å². The first-order chi connectivity index (χ1) is 8.68. The molecule has 18 heavy (non-hydrogen) atoms. The van der Waals surface area contributed by atoms with Gasteiger partial charge in [-0.3, -0.25) is 4.79 Å². The van der Waals surface area contributed by atoms with E-state index in [4.69, 9.17) is 9.47 Å². The molecule has 0 aliphatic carbocycles. The fourth-order valence-electron chi connectivity index (χ4n) is 1.85. The molecule has 2 rings (SSSR count). The van der Waals surface area contributed by atoms with Crippen LogP contribution < -0.4 is 0 Å². The second-order valence-electron chi connectivity index (χ2n) is 3.98. The molecule has 0 aromatic heterocycles. The highest BCUT2D eigenvalue weighted by Gasteiger charge is 2.28. The van der Waals surface area contributed by atoms with Gasteiger partial charge < -0.3 is 9.47 Å². The van der Waals surface area contributed by atoms with Crippen molar-refractivity contribution in [3.8, 4) is 0 Å². The molecule has 4 nitrogen and oxygen atoms in total. The molecule has 1 unspecified atom stereocenters. The van der Waals surface area contributed by atoms with Crippen molar-refractivity contribution in [2.45, 2.75) is 19.4 Å². The minimum atomic E-state index is -0.684. The van der Waals surface area contributed by atoms with Gasteiger partial charge in [-0.1, -0.05) is 36.4 Å². The van der Waals surface area contributed by atoms with Gasteiger partial charge in [0.05, 0.1) is 12.2 Å². The minimum absolute atomic E-state index is 0.379. The lowest BCUT2D eigenvalue weighted by atomic mass is 9.99. The third kappa shape index (κ3) is 2.77. The van der Waals surface area contributed by atoms with E-state index in [-0.39, 0.29) is 0 Å². The largest absolute Gasteiger partial charge is 0.462 e. The predicted molar refractivity (Wildman–Crippen MR) is 64.6 cm³/mol. The topological polar surface area (TPSA) is 52.6 Å². The Morgan fingerprint density at radius 1 is 1.33 bits per heavy atom. The van der Waals surface area contributed by atoms with E-state index in [2.05, 4.69) is 0 Å². The molecule has 0 saturated carbocycles. The van der Waals surface area contributed by atoms with Gasteiger partial charge in [-0.25, -0.2) is 4.79 Å². The Morgan fingerprint density at radius 3 is 2.67 bits per heavy atom. The van der Waals surface area contributed by atoms with Crippen LogP contribution in [0.1, 0.15) is 25.0 Å². The number of esters is 2. The first kappa shape index (κ1) is 12.4. The first-order valence-electron chi connectivity index (χ1n) is 5.78. The molecule has 4 heteroatoms. The van der Waals surface area contributed by atoms with Gasteiger partial charge in [-0.15, -0.1) is 0 Å². The van der Waals surface area contributed by atoms with E-state index < -0.39 is 18.0 Å². The van der Waals surface area contributed by atoms with Crippen LogP contribution >= 0.6 is 0 Å². The van der Waals surface area contributed by atoms with E-state index in [0.717, 1.165) is 5.56 Å². The van der Waals surface area contributed by atoms with E-state index >= 15 is 0 Å². The van der Waals surface area contributed by atoms with Crippen molar-refractivity contribution in [3.05, 3.63) is 47.5 Å². The summed E-state index contributed by atoms with van der Waals surface area (Å²) in [6, 6.07) is 9.16. The second-order valence-corrected chi connectivity index (χ2v) is 3.98. The number of ether oxygens (including phenoxy) is 2. The number of cyclic esters (lactones) is 1. The van der Waals surface area contributed by atoms with Crippen molar-refractivity contribution in [3.63, 3.8) is 0 Å². The SMILES string of the molecule is CC(=O)OC(C1=CCCOC1=O)c1ccccc1. The van der Waals surface area contributed by atoms with Crippen LogP contribution in [0.2, 0.25) is 0 Å². The Labute approximate surface area is 105 Å². The Balaban J connectivity index is 2.33. The highest BCUT2D eigenvalue weighted by atomic mass is 16.6. The molecule has 0 spiro atoms. The Kier molecular flexibility index (Phi) is 3.77. The van der Waals surface area contributed by atoms with Gasteiger partial charge in [0, 0.05) is 13.3 Å². The van der Waals surface area contributed by atoms with Gasteiger partial charge in [-0.05, 0) is 5.56 Å². The summed E-state index contributed by atoms with van der Waals surface area (Å²) in [5.74, 6) is -0.848. The van der Waals surface area contributed by atoms with Crippen LogP contribution in [-0.4, -0.2) is 18.5 Å². The maximum Gasteiger partial charge on any atom is 0.337 e. The third-order valence-corrected chi connectivity index (χ3v) is 2.62. The average molecular weight is 246 g/mol. The van der Waals surface area contributed by atoms with Gasteiger partial charge >= 0.3 is 11.9 Å². The molecular formula is C14H14O4. The normalized spacial score (nSPS) is 16.5. The molecule has 0 radical (unpaired) electrons. The monoisotopic (exact) mass is 246 g/mol. The fraction of sp³-hybridized carbons (Fsp3) is 0.286. The summed E-state index contributed by atoms with van der Waals surface area (Å²) in [4.78, 5) is 22.9. The number of hydrogen-bond acceptors (Lipinski definition) is 4. The highest BCUT2D eigenvalue weighted by molar-refractivity contribution is 5.91. The van der Waals surface area contributed by atoms with E-state index in [9.17, 15) is 9.59 Å². The van der Waals surface area contributed by atoms with Crippen LogP contribution in [0.15, 0.2) is 42.0 Å². The number of hydrogen-bond donors (Lipinski definition) is 0. The van der Waals surface area contributed by atoms with Crippen molar-refractivity contribution in [1.29, 1.82) is 0 Å². The number of rotatable bonds is 3. The molecule has 1 aliphatic heterocycles. The Hall–Kier alpha value is -2.10. The molecule has 1 heterocycles. The zero-order valence-corrected chi connectivity index (χ0v) is 10.1. The lowest BCUT2D eigenvalue weighted by Crippen LogP contribution is -2.22. The highest BCUT2D eigenvalue weighted by Crippen LogP contribution is 2.28. The number of carbonyl (C=O) groups excluding carboxylic acids is 2. The molecule has 1 aromatic rings. The molecule has 1 atom stereocenters. The standard InChI is InChI=1S/C14H14O4/c1-10(15)18-13(11-6-3-2-4-7-11)12-8-5-9-17-14(12)16/h2-4,6-8,13H,5,9H2,1H3. The Bertz CT molecular complexity index is 476. The van der Waals surface area contributed by atoms with Crippen molar-refractivity contribution in [2.75, 3.05) is 6.61 Å². The number of carbonyl (C=O) groups is 2. The van der Waals surface area contributed by atoms with Gasteiger partial charge in [0.15, 0.2) is 6.10 Å². The van der Waals surface area contributed by atoms with Gasteiger partial charge in [-0.2, -0.15) is 0 Å². The molecule has 0 N–H and O–H groups in total. The molecule has 0 bridgehead atoms. The van der Waals surface area contributed by atoms with E-state index in [1.807, 2.05) is 30.3 Å². The second kappa shape index (κ2) is 5.49. The Morgan fingerprint density at radius 2 is 2.06 bits per heavy atom. The van der Waals surface area contributed by atoms with Crippen LogP contribution in [0.5, 0.6) is 0 Å². The quantitative estimate of drug-likeness (QED) is 0.767. The molecule has 0 saturated heterocycles. The van der Waals surface area contributed by atoms with Crippen LogP contribution in [0, 0.1) is 0 Å². The summed E-state index contributed by atoms with van der Waals surface area (Å²) in [5, 5.41) is 0. The lowest BCUT2D eigenvalue weighted by molar-refractivity contribution is -0.148. The maximum absolute atomic E-state index is 11.7. The molecule has 1 aromatic carbocycles. The van der Waals surface area contributed by atoms with Crippen molar-refractivity contribution < 1.29 is 19.1 Å². The summed E-state index contributed by atoms with van der Waals surface area (Å²) in [7, 11) is 0. The fourth-order valence-corrected chi connectivity index (χ4v) is 1.85. The minimum Gasteiger partial charge on any atom is -0.462 e. The van der Waals surface area contributed by atoms with Gasteiger partial charge in [0.1, 0.15) is 0 Å². The lowest BCUT2D eigenvalue weighted by Gasteiger charge is -2.22. The summed E-state index contributed by atoms with van der Waals surface area (Å²) < 4.78 is 10.2. The molecule has 0 amide bonds. The van der Waals surface area contributed by atoms with Crippen LogP contribution in [0.25, 0.3) is 0 Å². The van der Waals surface area contributed by atoms with Crippen molar-refractivity contribution >= 4 is 11.9 Å². The van der Waals surface area contributed by atoms with E-state index in [1.54, 1.807) is 6.08 Å². The first-order valence-corrected chi connectivity index (χ1v) is 5.78. The molecule has 1 aliphatic rings. The molecule has 0 fully saturated rings. The third-order valence-electron chi connectivity index (χ3n) is 2.62.